The van der Waals surface area contributed by atoms with Crippen LogP contribution in [-0.2, 0) is 16.4 Å². The first-order chi connectivity index (χ1) is 7.60. The van der Waals surface area contributed by atoms with Crippen molar-refractivity contribution in [2.24, 2.45) is 0 Å². The normalized spacial score (nSPS) is 11.6. The van der Waals surface area contributed by atoms with Crippen LogP contribution in [0.4, 0.5) is 0 Å². The summed E-state index contributed by atoms with van der Waals surface area (Å²) in [7, 11) is -1.48. The minimum absolute atomic E-state index is 0.256. The molecule has 6 heteroatoms. The van der Waals surface area contributed by atoms with Gasteiger partial charge in [0.25, 0.3) is 0 Å². The van der Waals surface area contributed by atoms with E-state index in [1.54, 1.807) is 6.07 Å². The molecule has 0 unspecified atom stereocenters. The summed E-state index contributed by atoms with van der Waals surface area (Å²) in [5.74, 6) is 0. The minimum Gasteiger partial charge on any atom is -0.319 e. The van der Waals surface area contributed by atoms with E-state index in [9.17, 15) is 8.42 Å². The lowest BCUT2D eigenvalue weighted by Gasteiger charge is -2.00. The fourth-order valence-electron chi connectivity index (χ4n) is 1.12. The van der Waals surface area contributed by atoms with E-state index in [4.69, 9.17) is 0 Å². The zero-order chi connectivity index (χ0) is 12.0. The highest BCUT2D eigenvalue weighted by molar-refractivity contribution is 7.91. The first-order valence-corrected chi connectivity index (χ1v) is 7.24. The highest BCUT2D eigenvalue weighted by atomic mass is 32.2. The number of nitrogens with one attached hydrogen (secondary N) is 2. The largest absolute Gasteiger partial charge is 0.319 e. The Bertz CT molecular complexity index is 437. The van der Waals surface area contributed by atoms with Gasteiger partial charge < -0.3 is 5.32 Å². The van der Waals surface area contributed by atoms with Crippen molar-refractivity contribution in [2.45, 2.75) is 10.6 Å². The monoisotopic (exact) mass is 260 g/mol. The molecule has 0 bridgehead atoms. The first kappa shape index (κ1) is 13.4. The Morgan fingerprint density at radius 2 is 2.25 bits per heavy atom. The Balaban J connectivity index is 2.72. The van der Waals surface area contributed by atoms with Gasteiger partial charge in [-0.3, -0.25) is 0 Å². The van der Waals surface area contributed by atoms with E-state index < -0.39 is 10.0 Å². The molecule has 0 atom stereocenters. The van der Waals surface area contributed by atoms with Gasteiger partial charge >= 0.3 is 0 Å². The van der Waals surface area contributed by atoms with Crippen molar-refractivity contribution < 1.29 is 8.42 Å². The number of rotatable bonds is 7. The van der Waals surface area contributed by atoms with E-state index in [2.05, 4.69) is 16.6 Å². The lowest BCUT2D eigenvalue weighted by Crippen LogP contribution is -2.22. The van der Waals surface area contributed by atoms with Gasteiger partial charge in [0.05, 0.1) is 0 Å². The van der Waals surface area contributed by atoms with Crippen LogP contribution < -0.4 is 10.0 Å². The van der Waals surface area contributed by atoms with Crippen molar-refractivity contribution in [3.63, 3.8) is 0 Å². The molecular weight excluding hydrogens is 244 g/mol. The molecule has 1 aromatic heterocycles. The maximum Gasteiger partial charge on any atom is 0.250 e. The predicted octanol–water partition coefficient (Wildman–Crippen LogP) is 0.974. The maximum atomic E-state index is 11.7. The average molecular weight is 260 g/mol. The molecule has 90 valence electrons. The molecule has 0 saturated carbocycles. The molecule has 1 heterocycles. The van der Waals surface area contributed by atoms with Crippen molar-refractivity contribution >= 4 is 21.4 Å². The summed E-state index contributed by atoms with van der Waals surface area (Å²) in [5.41, 5.74) is 0. The third-order valence-electron chi connectivity index (χ3n) is 1.94. The zero-order valence-corrected chi connectivity index (χ0v) is 10.8. The van der Waals surface area contributed by atoms with E-state index in [0.717, 1.165) is 17.8 Å². The number of thiophene rings is 1. The molecule has 1 aromatic rings. The molecule has 1 rings (SSSR count). The quantitative estimate of drug-likeness (QED) is 0.718. The predicted molar refractivity (Wildman–Crippen MR) is 67.3 cm³/mol. The van der Waals surface area contributed by atoms with Crippen molar-refractivity contribution in [1.82, 2.24) is 10.0 Å². The van der Waals surface area contributed by atoms with Crippen LogP contribution in [0, 0.1) is 0 Å². The van der Waals surface area contributed by atoms with Crippen LogP contribution in [0.1, 0.15) is 4.88 Å². The standard InChI is InChI=1S/C10H16N2O2S2/c1-3-7-12-16(13,14)10-5-4-9(15-10)6-8-11-2/h3-5,11-12H,1,6-8H2,2H3. The van der Waals surface area contributed by atoms with E-state index >= 15 is 0 Å². The minimum atomic E-state index is -3.35. The Hall–Kier alpha value is -0.690. The third kappa shape index (κ3) is 3.71. The van der Waals surface area contributed by atoms with Crippen molar-refractivity contribution in [1.29, 1.82) is 0 Å². The lowest BCUT2D eigenvalue weighted by atomic mass is 10.3. The second-order valence-corrected chi connectivity index (χ2v) is 6.38. The molecule has 0 aliphatic carbocycles. The summed E-state index contributed by atoms with van der Waals surface area (Å²) in [6.07, 6.45) is 2.37. The molecule has 0 aliphatic heterocycles. The number of sulfonamides is 1. The van der Waals surface area contributed by atoms with Crippen LogP contribution in [-0.4, -0.2) is 28.6 Å². The smallest absolute Gasteiger partial charge is 0.250 e. The molecular formula is C10H16N2O2S2. The molecule has 2 N–H and O–H groups in total. The van der Waals surface area contributed by atoms with Crippen molar-refractivity contribution in [2.75, 3.05) is 20.1 Å². The lowest BCUT2D eigenvalue weighted by molar-refractivity contribution is 0.588. The summed E-state index contributed by atoms with van der Waals surface area (Å²) in [4.78, 5) is 1.06. The summed E-state index contributed by atoms with van der Waals surface area (Å²) in [5, 5.41) is 3.03. The Kier molecular flexibility index (Phi) is 5.14. The van der Waals surface area contributed by atoms with E-state index in [0.29, 0.717) is 4.21 Å². The van der Waals surface area contributed by atoms with Crippen molar-refractivity contribution in [3.05, 3.63) is 29.7 Å². The summed E-state index contributed by atoms with van der Waals surface area (Å²) in [6, 6.07) is 3.49. The molecule has 4 nitrogen and oxygen atoms in total. The van der Waals surface area contributed by atoms with Gasteiger partial charge in [0, 0.05) is 11.4 Å². The van der Waals surface area contributed by atoms with Gasteiger partial charge in [-0.2, -0.15) is 0 Å². The van der Waals surface area contributed by atoms with Crippen LogP contribution in [0.3, 0.4) is 0 Å². The van der Waals surface area contributed by atoms with E-state index in [1.807, 2.05) is 13.1 Å². The topological polar surface area (TPSA) is 58.2 Å². The second-order valence-electron chi connectivity index (χ2n) is 3.21. The molecule has 0 amide bonds. The van der Waals surface area contributed by atoms with Crippen molar-refractivity contribution in [3.8, 4) is 0 Å². The first-order valence-electron chi connectivity index (χ1n) is 4.94. The van der Waals surface area contributed by atoms with Gasteiger partial charge in [-0.05, 0) is 32.1 Å². The van der Waals surface area contributed by atoms with Crippen LogP contribution >= 0.6 is 11.3 Å². The Morgan fingerprint density at radius 1 is 1.50 bits per heavy atom. The third-order valence-corrected chi connectivity index (χ3v) is 5.00. The average Bonchev–Trinajstić information content (AvgIpc) is 2.73. The molecule has 0 fully saturated rings. The van der Waals surface area contributed by atoms with Gasteiger partial charge in [0.1, 0.15) is 4.21 Å². The van der Waals surface area contributed by atoms with E-state index in [-0.39, 0.29) is 6.54 Å². The summed E-state index contributed by atoms with van der Waals surface area (Å²) >= 11 is 1.31. The highest BCUT2D eigenvalue weighted by Crippen LogP contribution is 2.21. The van der Waals surface area contributed by atoms with Gasteiger partial charge in [0.2, 0.25) is 10.0 Å². The molecule has 0 spiro atoms. The second kappa shape index (κ2) is 6.15. The zero-order valence-electron chi connectivity index (χ0n) is 9.19. The molecule has 0 aromatic carbocycles. The van der Waals surface area contributed by atoms with Crippen LogP contribution in [0.5, 0.6) is 0 Å². The summed E-state index contributed by atoms with van der Waals surface area (Å²) in [6.45, 7) is 4.57. The maximum absolute atomic E-state index is 11.7. The van der Waals surface area contributed by atoms with Gasteiger partial charge in [-0.15, -0.1) is 17.9 Å². The summed E-state index contributed by atoms with van der Waals surface area (Å²) < 4.78 is 26.2. The highest BCUT2D eigenvalue weighted by Gasteiger charge is 2.15. The van der Waals surface area contributed by atoms with Gasteiger partial charge in [-0.25, -0.2) is 13.1 Å². The fraction of sp³-hybridized carbons (Fsp3) is 0.400. The molecule has 0 aliphatic rings. The van der Waals surface area contributed by atoms with E-state index in [1.165, 1.54) is 17.4 Å². The van der Waals surface area contributed by atoms with Crippen LogP contribution in [0.15, 0.2) is 29.0 Å². The Morgan fingerprint density at radius 3 is 2.88 bits per heavy atom. The van der Waals surface area contributed by atoms with Crippen LogP contribution in [0.25, 0.3) is 0 Å². The van der Waals surface area contributed by atoms with Gasteiger partial charge in [0.15, 0.2) is 0 Å². The number of hydrogen-bond donors (Lipinski definition) is 2. The molecule has 16 heavy (non-hydrogen) atoms. The Labute approximate surface area is 100 Å². The van der Waals surface area contributed by atoms with Crippen LogP contribution in [0.2, 0.25) is 0 Å². The SMILES string of the molecule is C=CCNS(=O)(=O)c1ccc(CCNC)s1. The van der Waals surface area contributed by atoms with Gasteiger partial charge in [-0.1, -0.05) is 6.08 Å². The number of hydrogen-bond acceptors (Lipinski definition) is 4. The molecule has 0 radical (unpaired) electrons. The molecule has 0 saturated heterocycles. The number of likely N-dealkylation sites (N-methyl/N-ethyl adjacent to an activating group) is 1. The fourth-order valence-corrected chi connectivity index (χ4v) is 3.52.